The van der Waals surface area contributed by atoms with Gasteiger partial charge in [-0.3, -0.25) is 0 Å². The molecule has 90 valence electrons. The topological polar surface area (TPSA) is 47.0 Å². The van der Waals surface area contributed by atoms with Gasteiger partial charge in [0.15, 0.2) is 0 Å². The molecule has 0 bridgehead atoms. The lowest BCUT2D eigenvalue weighted by molar-refractivity contribution is 0.576. The summed E-state index contributed by atoms with van der Waals surface area (Å²) < 4.78 is 35.6. The van der Waals surface area contributed by atoms with Crippen molar-refractivity contribution in [2.24, 2.45) is 0 Å². The normalized spacial score (nSPS) is 11.7. The third-order valence-corrected chi connectivity index (χ3v) is 4.22. The minimum atomic E-state index is -4.08. The maximum atomic E-state index is 13.3. The zero-order valence-electron chi connectivity index (χ0n) is 8.65. The maximum absolute atomic E-state index is 13.3. The van der Waals surface area contributed by atoms with Crippen molar-refractivity contribution in [1.29, 1.82) is 0 Å². The summed E-state index contributed by atoms with van der Waals surface area (Å²) in [7, 11) is 1.06. The van der Waals surface area contributed by atoms with Crippen LogP contribution in [0.5, 0.6) is 0 Å². The molecule has 0 aliphatic rings. The van der Waals surface area contributed by atoms with Crippen LogP contribution >= 0.6 is 22.0 Å². The fourth-order valence-corrected chi connectivity index (χ4v) is 2.89. The van der Waals surface area contributed by atoms with Gasteiger partial charge >= 0.3 is 0 Å². The van der Waals surface area contributed by atoms with Crippen molar-refractivity contribution in [3.05, 3.63) is 34.4 Å². The van der Waals surface area contributed by atoms with Gasteiger partial charge in [0.25, 0.3) is 9.05 Å². The highest BCUT2D eigenvalue weighted by molar-refractivity contribution is 8.13. The van der Waals surface area contributed by atoms with Crippen molar-refractivity contribution < 1.29 is 12.8 Å². The summed E-state index contributed by atoms with van der Waals surface area (Å²) in [6.45, 7) is 1.83. The van der Waals surface area contributed by atoms with Crippen LogP contribution in [-0.2, 0) is 9.05 Å². The minimum absolute atomic E-state index is 0.523. The Hall–Kier alpha value is -0.980. The number of thiazole rings is 1. The van der Waals surface area contributed by atoms with Gasteiger partial charge in [0, 0.05) is 21.6 Å². The second-order valence-corrected chi connectivity index (χ2v) is 6.93. The monoisotopic (exact) mass is 291 g/mol. The van der Waals surface area contributed by atoms with E-state index in [0.717, 1.165) is 11.1 Å². The van der Waals surface area contributed by atoms with Gasteiger partial charge in [0.1, 0.15) is 10.7 Å². The molecule has 0 radical (unpaired) electrons. The summed E-state index contributed by atoms with van der Waals surface area (Å²) in [5.41, 5.74) is 1.13. The summed E-state index contributed by atoms with van der Waals surface area (Å²) in [6.07, 6.45) is 0. The van der Waals surface area contributed by atoms with Crippen LogP contribution in [0.4, 0.5) is 4.39 Å². The number of rotatable bonds is 2. The minimum Gasteiger partial charge on any atom is -0.242 e. The molecule has 3 nitrogen and oxygen atoms in total. The molecule has 0 spiro atoms. The van der Waals surface area contributed by atoms with Crippen LogP contribution in [0.1, 0.15) is 5.01 Å². The molecule has 1 heterocycles. The van der Waals surface area contributed by atoms with Crippen molar-refractivity contribution in [3.8, 4) is 11.3 Å². The van der Waals surface area contributed by atoms with Gasteiger partial charge in [-0.05, 0) is 25.1 Å². The molecule has 0 aliphatic heterocycles. The molecule has 0 fully saturated rings. The molecule has 0 saturated carbocycles. The summed E-state index contributed by atoms with van der Waals surface area (Å²) >= 11 is 1.43. The number of nitrogens with zero attached hydrogens (tertiary/aromatic N) is 1. The molecule has 2 aromatic rings. The van der Waals surface area contributed by atoms with E-state index in [0.29, 0.717) is 11.3 Å². The predicted molar refractivity (Wildman–Crippen MR) is 65.3 cm³/mol. The maximum Gasteiger partial charge on any atom is 0.264 e. The lowest BCUT2D eigenvalue weighted by Crippen LogP contribution is -1.96. The quantitative estimate of drug-likeness (QED) is 0.798. The van der Waals surface area contributed by atoms with Gasteiger partial charge in [-0.25, -0.2) is 17.8 Å². The van der Waals surface area contributed by atoms with Crippen molar-refractivity contribution in [3.63, 3.8) is 0 Å². The van der Waals surface area contributed by atoms with E-state index in [4.69, 9.17) is 10.7 Å². The first-order valence-corrected chi connectivity index (χ1v) is 7.73. The first-order chi connectivity index (χ1) is 7.88. The van der Waals surface area contributed by atoms with Crippen LogP contribution in [0.15, 0.2) is 28.5 Å². The summed E-state index contributed by atoms with van der Waals surface area (Å²) in [5, 5.41) is 2.62. The van der Waals surface area contributed by atoms with E-state index in [1.807, 2.05) is 6.92 Å². The Kier molecular flexibility index (Phi) is 3.20. The highest BCUT2D eigenvalue weighted by Crippen LogP contribution is 2.27. The standard InChI is InChI=1S/C10H7ClFNO2S2/c1-6-13-9(5-16-6)7-2-3-8(12)10(4-7)17(11,14)15/h2-5H,1H3. The van der Waals surface area contributed by atoms with E-state index >= 15 is 0 Å². The highest BCUT2D eigenvalue weighted by Gasteiger charge is 2.17. The molecule has 0 N–H and O–H groups in total. The van der Waals surface area contributed by atoms with E-state index < -0.39 is 19.8 Å². The second kappa shape index (κ2) is 4.36. The van der Waals surface area contributed by atoms with E-state index in [9.17, 15) is 12.8 Å². The Labute approximate surface area is 106 Å². The largest absolute Gasteiger partial charge is 0.264 e. The fraction of sp³-hybridized carbons (Fsp3) is 0.100. The number of benzene rings is 1. The fourth-order valence-electron chi connectivity index (χ4n) is 1.35. The van der Waals surface area contributed by atoms with Crippen LogP contribution in [0.25, 0.3) is 11.3 Å². The van der Waals surface area contributed by atoms with Crippen molar-refractivity contribution in [2.45, 2.75) is 11.8 Å². The molecular weight excluding hydrogens is 285 g/mol. The lowest BCUT2D eigenvalue weighted by Gasteiger charge is -2.01. The van der Waals surface area contributed by atoms with Crippen molar-refractivity contribution >= 4 is 31.1 Å². The van der Waals surface area contributed by atoms with Crippen LogP contribution in [-0.4, -0.2) is 13.4 Å². The average molecular weight is 292 g/mol. The molecular formula is C10H7ClFNO2S2. The molecule has 1 aromatic heterocycles. The number of hydrogen-bond donors (Lipinski definition) is 0. The van der Waals surface area contributed by atoms with Crippen LogP contribution in [0.2, 0.25) is 0 Å². The first-order valence-electron chi connectivity index (χ1n) is 4.54. The SMILES string of the molecule is Cc1nc(-c2ccc(F)c(S(=O)(=O)Cl)c2)cs1. The zero-order chi connectivity index (χ0) is 12.6. The van der Waals surface area contributed by atoms with Crippen LogP contribution in [0.3, 0.4) is 0 Å². The molecule has 2 rings (SSSR count). The molecule has 0 aliphatic carbocycles. The molecule has 17 heavy (non-hydrogen) atoms. The molecule has 1 aromatic carbocycles. The number of hydrogen-bond acceptors (Lipinski definition) is 4. The smallest absolute Gasteiger partial charge is 0.242 e. The van der Waals surface area contributed by atoms with E-state index in [-0.39, 0.29) is 0 Å². The molecule has 0 amide bonds. The molecule has 0 saturated heterocycles. The summed E-state index contributed by atoms with van der Waals surface area (Å²) in [6, 6.07) is 3.72. The number of aryl methyl sites for hydroxylation is 1. The van der Waals surface area contributed by atoms with Crippen LogP contribution < -0.4 is 0 Å². The molecule has 0 unspecified atom stereocenters. The first kappa shape index (κ1) is 12.5. The van der Waals surface area contributed by atoms with E-state index in [1.165, 1.54) is 23.5 Å². The Bertz CT molecular complexity index is 667. The van der Waals surface area contributed by atoms with Crippen LogP contribution in [0, 0.1) is 12.7 Å². The third-order valence-electron chi connectivity index (χ3n) is 2.11. The Morgan fingerprint density at radius 2 is 2.12 bits per heavy atom. The summed E-state index contributed by atoms with van der Waals surface area (Å²) in [4.78, 5) is 3.67. The van der Waals surface area contributed by atoms with Gasteiger partial charge in [0.2, 0.25) is 0 Å². The Morgan fingerprint density at radius 1 is 1.41 bits per heavy atom. The highest BCUT2D eigenvalue weighted by atomic mass is 35.7. The van der Waals surface area contributed by atoms with Gasteiger partial charge in [0.05, 0.1) is 10.7 Å². The Morgan fingerprint density at radius 3 is 2.65 bits per heavy atom. The number of halogens is 2. The van der Waals surface area contributed by atoms with Gasteiger partial charge in [-0.15, -0.1) is 11.3 Å². The van der Waals surface area contributed by atoms with Gasteiger partial charge in [-0.1, -0.05) is 0 Å². The van der Waals surface area contributed by atoms with Gasteiger partial charge in [-0.2, -0.15) is 0 Å². The Balaban J connectivity index is 2.59. The average Bonchev–Trinajstić information content (AvgIpc) is 2.64. The van der Waals surface area contributed by atoms with E-state index in [2.05, 4.69) is 4.98 Å². The second-order valence-electron chi connectivity index (χ2n) is 3.33. The van der Waals surface area contributed by atoms with E-state index in [1.54, 1.807) is 5.38 Å². The van der Waals surface area contributed by atoms with Crippen molar-refractivity contribution in [2.75, 3.05) is 0 Å². The predicted octanol–water partition coefficient (Wildman–Crippen LogP) is 3.19. The zero-order valence-corrected chi connectivity index (χ0v) is 11.0. The third kappa shape index (κ3) is 2.65. The molecule has 7 heteroatoms. The summed E-state index contributed by atoms with van der Waals surface area (Å²) in [5.74, 6) is -0.865. The van der Waals surface area contributed by atoms with Crippen molar-refractivity contribution in [1.82, 2.24) is 4.98 Å². The number of aromatic nitrogens is 1. The molecule has 0 atom stereocenters. The van der Waals surface area contributed by atoms with Gasteiger partial charge < -0.3 is 0 Å². The lowest BCUT2D eigenvalue weighted by atomic mass is 10.2.